The summed E-state index contributed by atoms with van der Waals surface area (Å²) in [6, 6.07) is 0. The van der Waals surface area contributed by atoms with Gasteiger partial charge in [0.05, 0.1) is 0 Å². The summed E-state index contributed by atoms with van der Waals surface area (Å²) in [5.74, 6) is -1.01. The maximum absolute atomic E-state index is 12.7. The molecule has 0 aromatic heterocycles. The van der Waals surface area contributed by atoms with Crippen LogP contribution in [0.4, 0.5) is 0 Å². The van der Waals surface area contributed by atoms with Crippen molar-refractivity contribution >= 4 is 17.9 Å². The second-order valence-electron chi connectivity index (χ2n) is 15.5. The Balaban J connectivity index is 4.57. The highest BCUT2D eigenvalue weighted by Gasteiger charge is 2.19. The molecule has 6 nitrogen and oxygen atoms in total. The van der Waals surface area contributed by atoms with E-state index in [1.54, 1.807) is 0 Å². The third-order valence-corrected chi connectivity index (χ3v) is 9.69. The Labute approximate surface area is 379 Å². The molecule has 0 saturated heterocycles. The molecule has 0 aromatic rings. The summed E-state index contributed by atoms with van der Waals surface area (Å²) in [4.78, 5) is 37.9. The predicted octanol–water partition coefficient (Wildman–Crippen LogP) is 15.9. The second-order valence-corrected chi connectivity index (χ2v) is 15.5. The minimum Gasteiger partial charge on any atom is -0.462 e. The van der Waals surface area contributed by atoms with E-state index in [0.717, 1.165) is 77.0 Å². The molecule has 0 aliphatic heterocycles. The number of hydrogen-bond acceptors (Lipinski definition) is 6. The standard InChI is InChI=1S/C56H86O6/c1-4-7-10-13-16-19-22-25-26-27-28-29-30-32-34-37-40-43-46-49-55(58)61-52-53(51-60-54(57)48-45-42-39-36-33-24-21-18-15-12-9-6-3)62-56(59)50-47-44-41-38-35-31-23-20-17-14-11-8-5-2/h7-8,10-11,13-14,16-17,19-20,22-23,25-32,34-35,53H,4-6,9,12,15,18,21,24,33,36-52H2,1-3H3/b10-7-,11-8-,16-13-,17-14-,22-19-,23-20-,26-25-,28-27+,30-29-,34-32-,35-31-. The molecule has 6 heteroatoms. The Kier molecular flexibility index (Phi) is 45.7. The Morgan fingerprint density at radius 2 is 0.629 bits per heavy atom. The highest BCUT2D eigenvalue weighted by molar-refractivity contribution is 5.71. The molecular formula is C56H86O6. The number of ether oxygens (including phenoxy) is 3. The van der Waals surface area contributed by atoms with Gasteiger partial charge in [0.2, 0.25) is 0 Å². The van der Waals surface area contributed by atoms with Gasteiger partial charge in [0.25, 0.3) is 0 Å². The number of allylic oxidation sites excluding steroid dienone is 22. The molecule has 0 spiro atoms. The van der Waals surface area contributed by atoms with Crippen LogP contribution in [-0.4, -0.2) is 37.2 Å². The molecule has 1 atom stereocenters. The lowest BCUT2D eigenvalue weighted by atomic mass is 10.0. The maximum atomic E-state index is 12.7. The highest BCUT2D eigenvalue weighted by atomic mass is 16.6. The van der Waals surface area contributed by atoms with Crippen LogP contribution >= 0.6 is 0 Å². The van der Waals surface area contributed by atoms with Crippen LogP contribution in [0.15, 0.2) is 134 Å². The molecule has 0 saturated carbocycles. The van der Waals surface area contributed by atoms with Crippen LogP contribution in [0, 0.1) is 0 Å². The van der Waals surface area contributed by atoms with Gasteiger partial charge < -0.3 is 14.2 Å². The normalized spacial score (nSPS) is 13.3. The molecule has 0 aliphatic carbocycles. The fourth-order valence-corrected chi connectivity index (χ4v) is 6.08. The predicted molar refractivity (Wildman–Crippen MR) is 265 cm³/mol. The zero-order valence-electron chi connectivity index (χ0n) is 39.3. The third-order valence-electron chi connectivity index (χ3n) is 9.69. The number of hydrogen-bond donors (Lipinski definition) is 0. The van der Waals surface area contributed by atoms with Crippen molar-refractivity contribution in [2.24, 2.45) is 0 Å². The molecule has 0 amide bonds. The van der Waals surface area contributed by atoms with E-state index >= 15 is 0 Å². The molecule has 0 aromatic carbocycles. The summed E-state index contributed by atoms with van der Waals surface area (Å²) in [7, 11) is 0. The van der Waals surface area contributed by atoms with Crippen molar-refractivity contribution in [3.63, 3.8) is 0 Å². The summed E-state index contributed by atoms with van der Waals surface area (Å²) in [5.41, 5.74) is 0. The summed E-state index contributed by atoms with van der Waals surface area (Å²) in [6.07, 6.45) is 68.6. The van der Waals surface area contributed by atoms with Crippen LogP contribution < -0.4 is 0 Å². The molecule has 0 radical (unpaired) electrons. The fourth-order valence-electron chi connectivity index (χ4n) is 6.08. The topological polar surface area (TPSA) is 78.9 Å². The zero-order chi connectivity index (χ0) is 45.1. The Morgan fingerprint density at radius 1 is 0.339 bits per heavy atom. The highest BCUT2D eigenvalue weighted by Crippen LogP contribution is 2.14. The molecule has 0 bridgehead atoms. The first-order valence-corrected chi connectivity index (χ1v) is 24.3. The number of carbonyl (C=O) groups is 3. The molecule has 0 N–H and O–H groups in total. The monoisotopic (exact) mass is 855 g/mol. The number of rotatable bonds is 41. The number of unbranched alkanes of at least 4 members (excludes halogenated alkanes) is 17. The van der Waals surface area contributed by atoms with Crippen molar-refractivity contribution in [1.82, 2.24) is 0 Å². The minimum absolute atomic E-state index is 0.113. The molecule has 62 heavy (non-hydrogen) atoms. The van der Waals surface area contributed by atoms with E-state index in [-0.39, 0.29) is 37.5 Å². The molecule has 0 aliphatic rings. The van der Waals surface area contributed by atoms with Gasteiger partial charge in [-0.15, -0.1) is 0 Å². The zero-order valence-corrected chi connectivity index (χ0v) is 39.3. The molecular weight excluding hydrogens is 769 g/mol. The van der Waals surface area contributed by atoms with Gasteiger partial charge >= 0.3 is 17.9 Å². The van der Waals surface area contributed by atoms with Crippen LogP contribution in [0.25, 0.3) is 0 Å². The fraction of sp³-hybridized carbons (Fsp3) is 0.554. The molecule has 0 heterocycles. The number of esters is 3. The smallest absolute Gasteiger partial charge is 0.306 e. The van der Waals surface area contributed by atoms with E-state index in [4.69, 9.17) is 14.2 Å². The first-order valence-electron chi connectivity index (χ1n) is 24.3. The van der Waals surface area contributed by atoms with Crippen LogP contribution in [0.1, 0.15) is 181 Å². The van der Waals surface area contributed by atoms with Crippen molar-refractivity contribution in [3.8, 4) is 0 Å². The Hall–Kier alpha value is -4.45. The molecule has 1 unspecified atom stereocenters. The van der Waals surface area contributed by atoms with Gasteiger partial charge in [0.1, 0.15) is 13.2 Å². The van der Waals surface area contributed by atoms with Gasteiger partial charge in [-0.05, 0) is 57.8 Å². The van der Waals surface area contributed by atoms with Crippen molar-refractivity contribution in [2.45, 2.75) is 187 Å². The van der Waals surface area contributed by atoms with Gasteiger partial charge in [-0.25, -0.2) is 0 Å². The largest absolute Gasteiger partial charge is 0.462 e. The average molecular weight is 855 g/mol. The first kappa shape index (κ1) is 57.5. The quantitative estimate of drug-likeness (QED) is 0.0264. The summed E-state index contributed by atoms with van der Waals surface area (Å²) >= 11 is 0. The van der Waals surface area contributed by atoms with E-state index in [1.807, 2.05) is 109 Å². The molecule has 0 fully saturated rings. The van der Waals surface area contributed by atoms with Gasteiger partial charge in [-0.2, -0.15) is 0 Å². The average Bonchev–Trinajstić information content (AvgIpc) is 3.27. The van der Waals surface area contributed by atoms with E-state index in [2.05, 4.69) is 45.1 Å². The van der Waals surface area contributed by atoms with E-state index < -0.39 is 6.10 Å². The lowest BCUT2D eigenvalue weighted by Crippen LogP contribution is -2.30. The summed E-state index contributed by atoms with van der Waals surface area (Å²) in [6.45, 7) is 6.24. The SMILES string of the molecule is CC\C=C/C=C\C=C/C=C\C=C\C=C/C=C\CCCCCC(=O)OCC(COC(=O)CCCCCCCCCCCCCC)OC(=O)CCCCC\C=C/C=C\C=C/C=C\CC. The summed E-state index contributed by atoms with van der Waals surface area (Å²) < 4.78 is 16.7. The van der Waals surface area contributed by atoms with E-state index in [1.165, 1.54) is 57.8 Å². The Morgan fingerprint density at radius 3 is 0.984 bits per heavy atom. The van der Waals surface area contributed by atoms with Crippen LogP contribution in [-0.2, 0) is 28.6 Å². The van der Waals surface area contributed by atoms with Crippen molar-refractivity contribution in [3.05, 3.63) is 134 Å². The lowest BCUT2D eigenvalue weighted by Gasteiger charge is -2.18. The van der Waals surface area contributed by atoms with E-state index in [0.29, 0.717) is 19.3 Å². The van der Waals surface area contributed by atoms with Gasteiger partial charge in [0.15, 0.2) is 6.10 Å². The van der Waals surface area contributed by atoms with Crippen LogP contribution in [0.3, 0.4) is 0 Å². The lowest BCUT2D eigenvalue weighted by molar-refractivity contribution is -0.167. The van der Waals surface area contributed by atoms with Gasteiger partial charge in [0, 0.05) is 19.3 Å². The maximum Gasteiger partial charge on any atom is 0.306 e. The van der Waals surface area contributed by atoms with Crippen LogP contribution in [0.2, 0.25) is 0 Å². The third kappa shape index (κ3) is 46.6. The van der Waals surface area contributed by atoms with Crippen LogP contribution in [0.5, 0.6) is 0 Å². The van der Waals surface area contributed by atoms with E-state index in [9.17, 15) is 14.4 Å². The number of carbonyl (C=O) groups excluding carboxylic acids is 3. The Bertz CT molecular complexity index is 1400. The molecule has 0 rings (SSSR count). The van der Waals surface area contributed by atoms with Crippen molar-refractivity contribution in [2.75, 3.05) is 13.2 Å². The van der Waals surface area contributed by atoms with Gasteiger partial charge in [-0.3, -0.25) is 14.4 Å². The molecule has 346 valence electrons. The van der Waals surface area contributed by atoms with Crippen molar-refractivity contribution < 1.29 is 28.6 Å². The minimum atomic E-state index is -0.820. The van der Waals surface area contributed by atoms with Gasteiger partial charge in [-0.1, -0.05) is 238 Å². The first-order chi connectivity index (χ1) is 30.5. The second kappa shape index (κ2) is 49.2. The summed E-state index contributed by atoms with van der Waals surface area (Å²) in [5, 5.41) is 0. The van der Waals surface area contributed by atoms with Crippen molar-refractivity contribution in [1.29, 1.82) is 0 Å².